The van der Waals surface area contributed by atoms with Crippen molar-refractivity contribution in [1.29, 1.82) is 0 Å². The predicted molar refractivity (Wildman–Crippen MR) is 105 cm³/mol. The summed E-state index contributed by atoms with van der Waals surface area (Å²) < 4.78 is 10.4. The van der Waals surface area contributed by atoms with Crippen molar-refractivity contribution >= 4 is 35.1 Å². The highest BCUT2D eigenvalue weighted by Gasteiger charge is 2.21. The molecule has 0 unspecified atom stereocenters. The molecule has 0 aromatic heterocycles. The van der Waals surface area contributed by atoms with Crippen molar-refractivity contribution in [2.24, 2.45) is 0 Å². The number of hydrogen-bond acceptors (Lipinski definition) is 4. The van der Waals surface area contributed by atoms with Crippen LogP contribution < -0.4 is 10.1 Å². The smallest absolute Gasteiger partial charge is 0.311 e. The molecule has 1 amide bonds. The van der Waals surface area contributed by atoms with Crippen LogP contribution in [0, 0.1) is 0 Å². The molecule has 0 fully saturated rings. The lowest BCUT2D eigenvalue weighted by atomic mass is 10.1. The molecule has 2 rings (SSSR count). The highest BCUT2D eigenvalue weighted by atomic mass is 35.5. The van der Waals surface area contributed by atoms with E-state index in [0.29, 0.717) is 15.8 Å². The van der Waals surface area contributed by atoms with E-state index >= 15 is 0 Å². The first kappa shape index (κ1) is 21.1. The minimum atomic E-state index is -0.934. The average molecular weight is 410 g/mol. The highest BCUT2D eigenvalue weighted by Crippen LogP contribution is 2.26. The molecule has 2 atom stereocenters. The first-order valence-corrected chi connectivity index (χ1v) is 9.13. The summed E-state index contributed by atoms with van der Waals surface area (Å²) >= 11 is 12.0. The van der Waals surface area contributed by atoms with Crippen molar-refractivity contribution in [3.8, 4) is 5.75 Å². The highest BCUT2D eigenvalue weighted by molar-refractivity contribution is 6.35. The number of carbonyl (C=O) groups excluding carboxylic acids is 2. The van der Waals surface area contributed by atoms with Crippen molar-refractivity contribution in [2.75, 3.05) is 7.11 Å². The van der Waals surface area contributed by atoms with Crippen LogP contribution in [0.25, 0.3) is 0 Å². The van der Waals surface area contributed by atoms with E-state index < -0.39 is 18.0 Å². The van der Waals surface area contributed by atoms with Gasteiger partial charge in [-0.1, -0.05) is 41.4 Å². The summed E-state index contributed by atoms with van der Waals surface area (Å²) in [4.78, 5) is 24.4. The number of benzene rings is 2. The van der Waals surface area contributed by atoms with Crippen LogP contribution in [0.2, 0.25) is 10.0 Å². The van der Waals surface area contributed by atoms with Gasteiger partial charge in [-0.05, 0) is 49.2 Å². The number of methoxy groups -OCH3 is 1. The van der Waals surface area contributed by atoms with Gasteiger partial charge in [-0.15, -0.1) is 0 Å². The van der Waals surface area contributed by atoms with Crippen molar-refractivity contribution in [1.82, 2.24) is 5.32 Å². The SMILES string of the molecule is COc1cccc(CC(=O)O[C@@H](C)C(=O)N[C@H](C)c2ccc(Cl)cc2Cl)c1. The molecule has 0 heterocycles. The van der Waals surface area contributed by atoms with Crippen LogP contribution in [0.1, 0.15) is 31.0 Å². The van der Waals surface area contributed by atoms with Crippen LogP contribution in [0.15, 0.2) is 42.5 Å². The fourth-order valence-electron chi connectivity index (χ4n) is 2.50. The van der Waals surface area contributed by atoms with Crippen LogP contribution in [0.4, 0.5) is 0 Å². The van der Waals surface area contributed by atoms with Gasteiger partial charge in [-0.2, -0.15) is 0 Å². The number of carbonyl (C=O) groups is 2. The number of halogens is 2. The Morgan fingerprint density at radius 3 is 2.52 bits per heavy atom. The molecular weight excluding hydrogens is 389 g/mol. The second-order valence-corrected chi connectivity index (χ2v) is 6.90. The average Bonchev–Trinajstić information content (AvgIpc) is 2.61. The standard InChI is InChI=1S/C20H21Cl2NO4/c1-12(17-8-7-15(21)11-18(17)22)23-20(25)13(2)27-19(24)10-14-5-4-6-16(9-14)26-3/h4-9,11-13H,10H2,1-3H3,(H,23,25)/t12-,13+/m1/s1. The third-order valence-corrected chi connectivity index (χ3v) is 4.51. The van der Waals surface area contributed by atoms with Crippen LogP contribution >= 0.6 is 23.2 Å². The van der Waals surface area contributed by atoms with Crippen molar-refractivity contribution in [3.05, 3.63) is 63.6 Å². The van der Waals surface area contributed by atoms with Gasteiger partial charge in [0.1, 0.15) is 5.75 Å². The van der Waals surface area contributed by atoms with E-state index in [-0.39, 0.29) is 12.5 Å². The molecule has 5 nitrogen and oxygen atoms in total. The zero-order valence-corrected chi connectivity index (χ0v) is 16.8. The molecule has 27 heavy (non-hydrogen) atoms. The number of rotatable bonds is 7. The topological polar surface area (TPSA) is 64.6 Å². The number of hydrogen-bond donors (Lipinski definition) is 1. The maximum absolute atomic E-state index is 12.3. The molecule has 0 aliphatic heterocycles. The molecule has 0 saturated carbocycles. The number of nitrogens with one attached hydrogen (secondary N) is 1. The van der Waals surface area contributed by atoms with E-state index in [1.54, 1.807) is 56.5 Å². The van der Waals surface area contributed by atoms with E-state index in [4.69, 9.17) is 32.7 Å². The molecule has 0 aliphatic rings. The van der Waals surface area contributed by atoms with E-state index in [1.807, 2.05) is 0 Å². The zero-order valence-electron chi connectivity index (χ0n) is 15.3. The Morgan fingerprint density at radius 2 is 1.85 bits per heavy atom. The summed E-state index contributed by atoms with van der Waals surface area (Å²) in [6.45, 7) is 3.31. The first-order valence-electron chi connectivity index (χ1n) is 8.38. The number of amides is 1. The summed E-state index contributed by atoms with van der Waals surface area (Å²) in [6, 6.07) is 11.8. The molecule has 0 aliphatic carbocycles. The molecule has 7 heteroatoms. The summed E-state index contributed by atoms with van der Waals surface area (Å²) in [5, 5.41) is 3.75. The van der Waals surface area contributed by atoms with Gasteiger partial charge in [-0.25, -0.2) is 0 Å². The van der Waals surface area contributed by atoms with Gasteiger partial charge in [0.2, 0.25) is 0 Å². The fourth-order valence-corrected chi connectivity index (χ4v) is 3.07. The van der Waals surface area contributed by atoms with E-state index in [0.717, 1.165) is 11.1 Å². The van der Waals surface area contributed by atoms with Crippen molar-refractivity contribution < 1.29 is 19.1 Å². The zero-order chi connectivity index (χ0) is 20.0. The maximum Gasteiger partial charge on any atom is 0.311 e. The summed E-state index contributed by atoms with van der Waals surface area (Å²) in [5.74, 6) is -0.254. The molecule has 144 valence electrons. The van der Waals surface area contributed by atoms with Gasteiger partial charge in [0.15, 0.2) is 6.10 Å². The van der Waals surface area contributed by atoms with E-state index in [2.05, 4.69) is 5.32 Å². The first-order chi connectivity index (χ1) is 12.8. The van der Waals surface area contributed by atoms with E-state index in [1.165, 1.54) is 6.92 Å². The minimum absolute atomic E-state index is 0.0490. The third kappa shape index (κ3) is 6.15. The molecule has 1 N–H and O–H groups in total. The molecule has 0 saturated heterocycles. The summed E-state index contributed by atoms with van der Waals surface area (Å²) in [7, 11) is 1.55. The number of esters is 1. The molecule has 0 bridgehead atoms. The lowest BCUT2D eigenvalue weighted by Crippen LogP contribution is -2.37. The van der Waals surface area contributed by atoms with Gasteiger partial charge in [0.05, 0.1) is 19.6 Å². The van der Waals surface area contributed by atoms with Gasteiger partial charge in [-0.3, -0.25) is 9.59 Å². The quantitative estimate of drug-likeness (QED) is 0.690. The lowest BCUT2D eigenvalue weighted by molar-refractivity contribution is -0.154. The second kappa shape index (κ2) is 9.62. The molecule has 0 radical (unpaired) electrons. The minimum Gasteiger partial charge on any atom is -0.497 e. The Kier molecular flexibility index (Phi) is 7.51. The van der Waals surface area contributed by atoms with Crippen LogP contribution in [-0.2, 0) is 20.7 Å². The van der Waals surface area contributed by atoms with Crippen LogP contribution in [0.5, 0.6) is 5.75 Å². The monoisotopic (exact) mass is 409 g/mol. The van der Waals surface area contributed by atoms with Gasteiger partial charge >= 0.3 is 5.97 Å². The van der Waals surface area contributed by atoms with Gasteiger partial charge in [0.25, 0.3) is 5.91 Å². The normalized spacial score (nSPS) is 12.8. The van der Waals surface area contributed by atoms with Crippen LogP contribution in [-0.4, -0.2) is 25.1 Å². The maximum atomic E-state index is 12.3. The van der Waals surface area contributed by atoms with Crippen molar-refractivity contribution in [2.45, 2.75) is 32.4 Å². The largest absolute Gasteiger partial charge is 0.497 e. The Bertz CT molecular complexity index is 825. The van der Waals surface area contributed by atoms with Gasteiger partial charge < -0.3 is 14.8 Å². The summed E-state index contributed by atoms with van der Waals surface area (Å²) in [5.41, 5.74) is 1.47. The summed E-state index contributed by atoms with van der Waals surface area (Å²) in [6.07, 6.45) is -0.885. The Morgan fingerprint density at radius 1 is 1.11 bits per heavy atom. The predicted octanol–water partition coefficient (Wildman–Crippen LogP) is 4.35. The Hall–Kier alpha value is -2.24. The Balaban J connectivity index is 1.91. The van der Waals surface area contributed by atoms with Crippen LogP contribution in [0.3, 0.4) is 0 Å². The lowest BCUT2D eigenvalue weighted by Gasteiger charge is -2.19. The molecule has 0 spiro atoms. The molecule has 2 aromatic carbocycles. The van der Waals surface area contributed by atoms with Gasteiger partial charge in [0, 0.05) is 10.0 Å². The second-order valence-electron chi connectivity index (χ2n) is 6.06. The Labute approximate surface area is 168 Å². The van der Waals surface area contributed by atoms with Crippen molar-refractivity contribution in [3.63, 3.8) is 0 Å². The molecule has 2 aromatic rings. The molecular formula is C20H21Cl2NO4. The third-order valence-electron chi connectivity index (χ3n) is 3.95. The number of ether oxygens (including phenoxy) is 2. The fraction of sp³-hybridized carbons (Fsp3) is 0.300. The van der Waals surface area contributed by atoms with E-state index in [9.17, 15) is 9.59 Å².